The molecule has 0 radical (unpaired) electrons. The molecule has 0 spiro atoms. The number of aromatic nitrogens is 2. The predicted octanol–water partition coefficient (Wildman–Crippen LogP) is 3.43. The number of piperidine rings is 1. The van der Waals surface area contributed by atoms with Crippen molar-refractivity contribution in [2.45, 2.75) is 48.8 Å². The van der Waals surface area contributed by atoms with Gasteiger partial charge in [0.25, 0.3) is 5.22 Å². The molecule has 2 aliphatic rings. The summed E-state index contributed by atoms with van der Waals surface area (Å²) in [4.78, 5) is 0.304. The highest BCUT2D eigenvalue weighted by molar-refractivity contribution is 7.99. The lowest BCUT2D eigenvalue weighted by molar-refractivity contribution is 0.128. The van der Waals surface area contributed by atoms with E-state index in [4.69, 9.17) is 9.15 Å². The topological polar surface area (TPSA) is 85.5 Å². The summed E-state index contributed by atoms with van der Waals surface area (Å²) in [5.41, 5.74) is 0.711. The molecule has 1 aromatic heterocycles. The fourth-order valence-corrected chi connectivity index (χ4v) is 5.77. The van der Waals surface area contributed by atoms with Crippen LogP contribution in [0.4, 0.5) is 0 Å². The van der Waals surface area contributed by atoms with Crippen molar-refractivity contribution in [3.8, 4) is 11.5 Å². The second kappa shape index (κ2) is 8.52. The summed E-state index contributed by atoms with van der Waals surface area (Å²) in [5, 5.41) is 8.66. The van der Waals surface area contributed by atoms with Crippen LogP contribution in [0.15, 0.2) is 38.8 Å². The first-order chi connectivity index (χ1) is 13.5. The Hall–Kier alpha value is -1.42. The average molecular weight is 424 g/mol. The molecule has 0 aliphatic carbocycles. The average Bonchev–Trinajstić information content (AvgIpc) is 3.39. The standard InChI is InChI=1S/C19H25N3O4S2/c1-14-8-10-22(11-9-14)28(23,24)17-6-4-15(5-7-17)18-20-21-19(26-18)27-13-16-3-2-12-25-16/h4-7,14,16H,2-3,8-13H2,1H3. The van der Waals surface area contributed by atoms with Crippen molar-refractivity contribution in [2.75, 3.05) is 25.4 Å². The van der Waals surface area contributed by atoms with Gasteiger partial charge in [-0.25, -0.2) is 8.42 Å². The van der Waals surface area contributed by atoms with Gasteiger partial charge in [0, 0.05) is 31.0 Å². The highest BCUT2D eigenvalue weighted by Gasteiger charge is 2.28. The number of sulfonamides is 1. The van der Waals surface area contributed by atoms with E-state index in [1.54, 1.807) is 28.6 Å². The van der Waals surface area contributed by atoms with Crippen LogP contribution in [-0.2, 0) is 14.8 Å². The maximum Gasteiger partial charge on any atom is 0.276 e. The molecule has 152 valence electrons. The minimum absolute atomic E-state index is 0.252. The van der Waals surface area contributed by atoms with E-state index in [-0.39, 0.29) is 6.10 Å². The fourth-order valence-electron chi connectivity index (χ4n) is 3.47. The van der Waals surface area contributed by atoms with Crippen LogP contribution < -0.4 is 0 Å². The van der Waals surface area contributed by atoms with Crippen LogP contribution in [0.2, 0.25) is 0 Å². The molecule has 9 heteroatoms. The summed E-state index contributed by atoms with van der Waals surface area (Å²) in [7, 11) is -3.45. The zero-order valence-corrected chi connectivity index (χ0v) is 17.5. The smallest absolute Gasteiger partial charge is 0.276 e. The number of nitrogens with zero attached hydrogens (tertiary/aromatic N) is 3. The number of rotatable bonds is 6. The van der Waals surface area contributed by atoms with Gasteiger partial charge in [-0.2, -0.15) is 4.31 Å². The van der Waals surface area contributed by atoms with E-state index >= 15 is 0 Å². The molecule has 1 unspecified atom stereocenters. The third-order valence-electron chi connectivity index (χ3n) is 5.30. The summed E-state index contributed by atoms with van der Waals surface area (Å²) in [6.45, 7) is 4.16. The zero-order chi connectivity index (χ0) is 19.6. The first-order valence-corrected chi connectivity index (χ1v) is 12.1. The number of benzene rings is 1. The van der Waals surface area contributed by atoms with E-state index in [0.29, 0.717) is 40.6 Å². The monoisotopic (exact) mass is 423 g/mol. The van der Waals surface area contributed by atoms with Crippen molar-refractivity contribution in [3.05, 3.63) is 24.3 Å². The SMILES string of the molecule is CC1CCN(S(=O)(=O)c2ccc(-c3nnc(SCC4CCCO4)o3)cc2)CC1. The maximum atomic E-state index is 12.8. The van der Waals surface area contributed by atoms with Gasteiger partial charge in [0.1, 0.15) is 0 Å². The van der Waals surface area contributed by atoms with Gasteiger partial charge in [-0.05, 0) is 55.9 Å². The molecular formula is C19H25N3O4S2. The van der Waals surface area contributed by atoms with Gasteiger partial charge in [0.05, 0.1) is 11.0 Å². The van der Waals surface area contributed by atoms with Gasteiger partial charge in [-0.15, -0.1) is 10.2 Å². The Balaban J connectivity index is 1.41. The Morgan fingerprint density at radius 3 is 2.57 bits per heavy atom. The Labute approximate surface area is 169 Å². The molecule has 2 saturated heterocycles. The van der Waals surface area contributed by atoms with Crippen molar-refractivity contribution in [1.29, 1.82) is 0 Å². The van der Waals surface area contributed by atoms with Crippen molar-refractivity contribution in [3.63, 3.8) is 0 Å². The number of hydrogen-bond acceptors (Lipinski definition) is 7. The van der Waals surface area contributed by atoms with Crippen LogP contribution in [0.1, 0.15) is 32.6 Å². The first kappa shape index (κ1) is 19.9. The van der Waals surface area contributed by atoms with E-state index < -0.39 is 10.0 Å². The highest BCUT2D eigenvalue weighted by atomic mass is 32.2. The van der Waals surface area contributed by atoms with Crippen molar-refractivity contribution >= 4 is 21.8 Å². The summed E-state index contributed by atoms with van der Waals surface area (Å²) < 4.78 is 38.5. The Kier molecular flexibility index (Phi) is 6.05. The second-order valence-electron chi connectivity index (χ2n) is 7.43. The van der Waals surface area contributed by atoms with Crippen LogP contribution in [0.25, 0.3) is 11.5 Å². The molecule has 2 aliphatic heterocycles. The van der Waals surface area contributed by atoms with Gasteiger partial charge >= 0.3 is 0 Å². The zero-order valence-electron chi connectivity index (χ0n) is 15.9. The fraction of sp³-hybridized carbons (Fsp3) is 0.579. The van der Waals surface area contributed by atoms with Gasteiger partial charge in [-0.3, -0.25) is 0 Å². The molecule has 2 aromatic rings. The molecular weight excluding hydrogens is 398 g/mol. The van der Waals surface area contributed by atoms with Crippen molar-refractivity contribution < 1.29 is 17.6 Å². The van der Waals surface area contributed by atoms with Crippen molar-refractivity contribution in [1.82, 2.24) is 14.5 Å². The van der Waals surface area contributed by atoms with Gasteiger partial charge in [0.2, 0.25) is 15.9 Å². The van der Waals surface area contributed by atoms with E-state index in [1.807, 2.05) is 0 Å². The molecule has 2 fully saturated rings. The second-order valence-corrected chi connectivity index (χ2v) is 10.3. The molecule has 4 rings (SSSR count). The van der Waals surface area contributed by atoms with Gasteiger partial charge < -0.3 is 9.15 Å². The summed E-state index contributed by atoms with van der Waals surface area (Å²) >= 11 is 1.49. The van der Waals surface area contributed by atoms with Crippen LogP contribution in [0.5, 0.6) is 0 Å². The van der Waals surface area contributed by atoms with E-state index in [9.17, 15) is 8.42 Å². The highest BCUT2D eigenvalue weighted by Crippen LogP contribution is 2.28. The lowest BCUT2D eigenvalue weighted by atomic mass is 10.0. The van der Waals surface area contributed by atoms with Crippen LogP contribution in [0.3, 0.4) is 0 Å². The van der Waals surface area contributed by atoms with Crippen LogP contribution >= 0.6 is 11.8 Å². The maximum absolute atomic E-state index is 12.8. The molecule has 28 heavy (non-hydrogen) atoms. The minimum Gasteiger partial charge on any atom is -0.411 e. The number of hydrogen-bond donors (Lipinski definition) is 0. The largest absolute Gasteiger partial charge is 0.411 e. The number of thioether (sulfide) groups is 1. The number of ether oxygens (including phenoxy) is 1. The minimum atomic E-state index is -3.45. The van der Waals surface area contributed by atoms with Crippen LogP contribution in [0, 0.1) is 5.92 Å². The van der Waals surface area contributed by atoms with Gasteiger partial charge in [-0.1, -0.05) is 18.7 Å². The molecule has 7 nitrogen and oxygen atoms in total. The predicted molar refractivity (Wildman–Crippen MR) is 107 cm³/mol. The summed E-state index contributed by atoms with van der Waals surface area (Å²) in [6, 6.07) is 6.68. The Morgan fingerprint density at radius 1 is 1.14 bits per heavy atom. The van der Waals surface area contributed by atoms with Crippen molar-refractivity contribution in [2.24, 2.45) is 5.92 Å². The third-order valence-corrected chi connectivity index (χ3v) is 8.17. The molecule has 0 N–H and O–H groups in total. The lowest BCUT2D eigenvalue weighted by Gasteiger charge is -2.29. The normalized spacial score (nSPS) is 22.0. The van der Waals surface area contributed by atoms with Crippen LogP contribution in [-0.4, -0.2) is 54.5 Å². The lowest BCUT2D eigenvalue weighted by Crippen LogP contribution is -2.37. The Bertz CT molecular complexity index is 884. The third kappa shape index (κ3) is 4.42. The quantitative estimate of drug-likeness (QED) is 0.658. The van der Waals surface area contributed by atoms with Gasteiger partial charge in [0.15, 0.2) is 0 Å². The first-order valence-electron chi connectivity index (χ1n) is 9.71. The van der Waals surface area contributed by atoms with E-state index in [1.165, 1.54) is 11.8 Å². The molecule has 1 atom stereocenters. The molecule has 1 aromatic carbocycles. The summed E-state index contributed by atoms with van der Waals surface area (Å²) in [5.74, 6) is 1.78. The van der Waals surface area contributed by atoms with E-state index in [2.05, 4.69) is 17.1 Å². The molecule has 0 saturated carbocycles. The molecule has 3 heterocycles. The summed E-state index contributed by atoms with van der Waals surface area (Å²) in [6.07, 6.45) is 4.24. The Morgan fingerprint density at radius 2 is 1.89 bits per heavy atom. The molecule has 0 bridgehead atoms. The van der Waals surface area contributed by atoms with E-state index in [0.717, 1.165) is 38.0 Å². The molecule has 0 amide bonds.